The molecule has 1 fully saturated rings. The second-order valence-corrected chi connectivity index (χ2v) is 9.18. The zero-order valence-corrected chi connectivity index (χ0v) is 18.3. The van der Waals surface area contributed by atoms with Crippen molar-refractivity contribution in [1.29, 1.82) is 0 Å². The monoisotopic (exact) mass is 431 g/mol. The number of methoxy groups -OCH3 is 1. The van der Waals surface area contributed by atoms with E-state index >= 15 is 0 Å². The highest BCUT2D eigenvalue weighted by Gasteiger charge is 2.18. The van der Waals surface area contributed by atoms with Crippen LogP contribution in [0.3, 0.4) is 0 Å². The van der Waals surface area contributed by atoms with E-state index in [0.717, 1.165) is 18.8 Å². The lowest BCUT2D eigenvalue weighted by Crippen LogP contribution is -2.29. The van der Waals surface area contributed by atoms with E-state index in [1.165, 1.54) is 38.5 Å². The first kappa shape index (κ1) is 22.3. The van der Waals surface area contributed by atoms with Gasteiger partial charge in [-0.15, -0.1) is 0 Å². The number of piperidine rings is 1. The van der Waals surface area contributed by atoms with Crippen molar-refractivity contribution in [2.45, 2.75) is 31.1 Å². The number of carbonyl (C=O) groups is 1. The lowest BCUT2D eigenvalue weighted by molar-refractivity contribution is 0.102. The standard InChI is InChI=1S/C22H29N3O4S/c1-17-6-11-20(30(27,28)23-12-15-29-2)16-21(17)22(26)24-18-7-9-19(10-8-18)25-13-4-3-5-14-25/h6-11,16,23H,3-5,12-15H2,1-2H3,(H,24,26). The highest BCUT2D eigenvalue weighted by molar-refractivity contribution is 7.89. The average Bonchev–Trinajstić information content (AvgIpc) is 2.75. The molecule has 0 bridgehead atoms. The maximum atomic E-state index is 12.8. The topological polar surface area (TPSA) is 87.7 Å². The summed E-state index contributed by atoms with van der Waals surface area (Å²) in [4.78, 5) is 15.2. The number of amides is 1. The Hall–Kier alpha value is -2.42. The van der Waals surface area contributed by atoms with Crippen molar-refractivity contribution < 1.29 is 17.9 Å². The van der Waals surface area contributed by atoms with Crippen molar-refractivity contribution in [3.8, 4) is 0 Å². The number of nitrogens with zero attached hydrogens (tertiary/aromatic N) is 1. The van der Waals surface area contributed by atoms with Gasteiger partial charge in [-0.1, -0.05) is 6.07 Å². The Balaban J connectivity index is 1.71. The quantitative estimate of drug-likeness (QED) is 0.627. The van der Waals surface area contributed by atoms with Crippen LogP contribution in [-0.4, -0.2) is 47.7 Å². The summed E-state index contributed by atoms with van der Waals surface area (Å²) in [7, 11) is -2.21. The number of rotatable bonds is 8. The smallest absolute Gasteiger partial charge is 0.255 e. The van der Waals surface area contributed by atoms with Crippen molar-refractivity contribution in [2.24, 2.45) is 0 Å². The molecule has 0 saturated carbocycles. The third-order valence-electron chi connectivity index (χ3n) is 5.21. The number of benzene rings is 2. The van der Waals surface area contributed by atoms with Crippen LogP contribution in [0.1, 0.15) is 35.2 Å². The molecule has 0 radical (unpaired) electrons. The molecule has 2 aromatic rings. The van der Waals surface area contributed by atoms with Gasteiger partial charge in [0.2, 0.25) is 10.0 Å². The Kier molecular flexibility index (Phi) is 7.47. The summed E-state index contributed by atoms with van der Waals surface area (Å²) in [6, 6.07) is 12.3. The summed E-state index contributed by atoms with van der Waals surface area (Å²) in [5, 5.41) is 2.87. The Morgan fingerprint density at radius 1 is 1.07 bits per heavy atom. The second kappa shape index (κ2) is 10.1. The molecule has 162 valence electrons. The van der Waals surface area contributed by atoms with Gasteiger partial charge in [0.25, 0.3) is 5.91 Å². The highest BCUT2D eigenvalue weighted by atomic mass is 32.2. The Labute approximate surface area is 178 Å². The summed E-state index contributed by atoms with van der Waals surface area (Å²) < 4.78 is 32.2. The van der Waals surface area contributed by atoms with Gasteiger partial charge in [-0.3, -0.25) is 4.79 Å². The minimum Gasteiger partial charge on any atom is -0.383 e. The largest absolute Gasteiger partial charge is 0.383 e. The first-order valence-corrected chi connectivity index (χ1v) is 11.6. The van der Waals surface area contributed by atoms with Gasteiger partial charge in [0.15, 0.2) is 0 Å². The Morgan fingerprint density at radius 3 is 2.43 bits per heavy atom. The molecule has 1 aliphatic rings. The molecule has 7 nitrogen and oxygen atoms in total. The van der Waals surface area contributed by atoms with Crippen molar-refractivity contribution in [2.75, 3.05) is 43.6 Å². The predicted octanol–water partition coefficient (Wildman–Crippen LogP) is 3.16. The van der Waals surface area contributed by atoms with Gasteiger partial charge in [-0.2, -0.15) is 0 Å². The first-order chi connectivity index (χ1) is 14.4. The molecule has 8 heteroatoms. The number of ether oxygens (including phenoxy) is 1. The molecule has 1 saturated heterocycles. The average molecular weight is 432 g/mol. The lowest BCUT2D eigenvalue weighted by atomic mass is 10.1. The zero-order chi connectivity index (χ0) is 21.6. The van der Waals surface area contributed by atoms with E-state index in [2.05, 4.69) is 14.9 Å². The van der Waals surface area contributed by atoms with E-state index in [4.69, 9.17) is 4.74 Å². The fraction of sp³-hybridized carbons (Fsp3) is 0.409. The molecule has 1 amide bonds. The van der Waals surface area contributed by atoms with Crippen LogP contribution in [0.5, 0.6) is 0 Å². The van der Waals surface area contributed by atoms with Gasteiger partial charge in [-0.05, 0) is 68.1 Å². The zero-order valence-electron chi connectivity index (χ0n) is 17.5. The van der Waals surface area contributed by atoms with Crippen LogP contribution < -0.4 is 14.9 Å². The molecule has 0 aromatic heterocycles. The van der Waals surface area contributed by atoms with Crippen LogP contribution >= 0.6 is 0 Å². The molecule has 0 atom stereocenters. The van der Waals surface area contributed by atoms with E-state index in [1.54, 1.807) is 13.0 Å². The molecule has 1 aliphatic heterocycles. The fourth-order valence-electron chi connectivity index (χ4n) is 3.48. The number of hydrogen-bond acceptors (Lipinski definition) is 5. The molecule has 0 spiro atoms. The minimum atomic E-state index is -3.71. The van der Waals surface area contributed by atoms with E-state index in [0.29, 0.717) is 16.8 Å². The number of sulfonamides is 1. The molecular formula is C22H29N3O4S. The maximum absolute atomic E-state index is 12.8. The fourth-order valence-corrected chi connectivity index (χ4v) is 4.52. The predicted molar refractivity (Wildman–Crippen MR) is 119 cm³/mol. The highest BCUT2D eigenvalue weighted by Crippen LogP contribution is 2.23. The summed E-state index contributed by atoms with van der Waals surface area (Å²) in [6.45, 7) is 4.34. The van der Waals surface area contributed by atoms with Crippen molar-refractivity contribution in [3.05, 3.63) is 53.6 Å². The van der Waals surface area contributed by atoms with Crippen LogP contribution in [0.15, 0.2) is 47.4 Å². The number of anilines is 2. The summed E-state index contributed by atoms with van der Waals surface area (Å²) >= 11 is 0. The van der Waals surface area contributed by atoms with Gasteiger partial charge in [0, 0.05) is 43.7 Å². The third kappa shape index (κ3) is 5.59. The summed E-state index contributed by atoms with van der Waals surface area (Å²) in [6.07, 6.45) is 3.69. The number of carbonyl (C=O) groups excluding carboxylic acids is 1. The minimum absolute atomic E-state index is 0.0507. The molecule has 2 N–H and O–H groups in total. The van der Waals surface area contributed by atoms with Crippen LogP contribution in [0.4, 0.5) is 11.4 Å². The first-order valence-electron chi connectivity index (χ1n) is 10.2. The number of aryl methyl sites for hydroxylation is 1. The molecule has 0 aliphatic carbocycles. The van der Waals surface area contributed by atoms with Crippen LogP contribution in [0.25, 0.3) is 0 Å². The second-order valence-electron chi connectivity index (χ2n) is 7.42. The SMILES string of the molecule is COCCNS(=O)(=O)c1ccc(C)c(C(=O)Nc2ccc(N3CCCCC3)cc2)c1. The number of hydrogen-bond donors (Lipinski definition) is 2. The van der Waals surface area contributed by atoms with Gasteiger partial charge in [0.05, 0.1) is 11.5 Å². The van der Waals surface area contributed by atoms with Crippen molar-refractivity contribution >= 4 is 27.3 Å². The van der Waals surface area contributed by atoms with Crippen LogP contribution in [0, 0.1) is 6.92 Å². The normalized spacial score (nSPS) is 14.5. The van der Waals surface area contributed by atoms with E-state index < -0.39 is 10.0 Å². The molecule has 3 rings (SSSR count). The Morgan fingerprint density at radius 2 is 1.77 bits per heavy atom. The van der Waals surface area contributed by atoms with Crippen LogP contribution in [-0.2, 0) is 14.8 Å². The Bertz CT molecular complexity index is 968. The van der Waals surface area contributed by atoms with Crippen molar-refractivity contribution in [3.63, 3.8) is 0 Å². The van der Waals surface area contributed by atoms with Gasteiger partial charge in [0.1, 0.15) is 0 Å². The maximum Gasteiger partial charge on any atom is 0.255 e. The third-order valence-corrected chi connectivity index (χ3v) is 6.67. The molecule has 30 heavy (non-hydrogen) atoms. The molecule has 0 unspecified atom stereocenters. The van der Waals surface area contributed by atoms with E-state index in [9.17, 15) is 13.2 Å². The molecule has 2 aromatic carbocycles. The number of nitrogens with one attached hydrogen (secondary N) is 2. The molecular weight excluding hydrogens is 402 g/mol. The van der Waals surface area contributed by atoms with E-state index in [-0.39, 0.29) is 24.0 Å². The van der Waals surface area contributed by atoms with Gasteiger partial charge in [-0.25, -0.2) is 13.1 Å². The molecule has 1 heterocycles. The summed E-state index contributed by atoms with van der Waals surface area (Å²) in [5.41, 5.74) is 2.85. The van der Waals surface area contributed by atoms with E-state index in [1.807, 2.05) is 24.3 Å². The summed E-state index contributed by atoms with van der Waals surface area (Å²) in [5.74, 6) is -0.341. The van der Waals surface area contributed by atoms with Gasteiger partial charge < -0.3 is 15.0 Å². The van der Waals surface area contributed by atoms with Crippen LogP contribution in [0.2, 0.25) is 0 Å². The lowest BCUT2D eigenvalue weighted by Gasteiger charge is -2.28. The van der Waals surface area contributed by atoms with Crippen molar-refractivity contribution in [1.82, 2.24) is 4.72 Å². The van der Waals surface area contributed by atoms with Gasteiger partial charge >= 0.3 is 0 Å².